The Morgan fingerprint density at radius 3 is 2.86 bits per heavy atom. The zero-order valence-electron chi connectivity index (χ0n) is 15.2. The van der Waals surface area contributed by atoms with E-state index in [-0.39, 0.29) is 18.2 Å². The molecule has 3 rings (SSSR count). The molecule has 1 aromatic carbocycles. The van der Waals surface area contributed by atoms with Crippen molar-refractivity contribution in [3.63, 3.8) is 0 Å². The maximum absolute atomic E-state index is 12.8. The largest absolute Gasteiger partial charge is 0.492 e. The fraction of sp³-hybridized carbons (Fsp3) is 0.278. The summed E-state index contributed by atoms with van der Waals surface area (Å²) in [6, 6.07) is 8.44. The SMILES string of the molecule is CCOc1ccccc1NC(=O)C(C)N1C(=O)COc2ccc([N+](=O)[O-])nc21. The lowest BCUT2D eigenvalue weighted by Crippen LogP contribution is -2.50. The van der Waals surface area contributed by atoms with E-state index in [0.717, 1.165) is 4.90 Å². The van der Waals surface area contributed by atoms with Crippen molar-refractivity contribution in [3.8, 4) is 11.5 Å². The Morgan fingerprint density at radius 2 is 2.14 bits per heavy atom. The van der Waals surface area contributed by atoms with E-state index in [4.69, 9.17) is 9.47 Å². The van der Waals surface area contributed by atoms with Gasteiger partial charge in [0.05, 0.1) is 12.3 Å². The minimum absolute atomic E-state index is 0.0637. The normalized spacial score (nSPS) is 13.9. The van der Waals surface area contributed by atoms with Gasteiger partial charge in [0.15, 0.2) is 12.4 Å². The number of ether oxygens (including phenoxy) is 2. The smallest absolute Gasteiger partial charge is 0.366 e. The second-order valence-electron chi connectivity index (χ2n) is 5.90. The fourth-order valence-corrected chi connectivity index (χ4v) is 2.74. The number of hydrogen-bond acceptors (Lipinski definition) is 7. The molecule has 0 fully saturated rings. The Labute approximate surface area is 160 Å². The van der Waals surface area contributed by atoms with Crippen LogP contribution in [0.25, 0.3) is 0 Å². The molecule has 146 valence electrons. The number of para-hydroxylation sites is 2. The summed E-state index contributed by atoms with van der Waals surface area (Å²) in [5.41, 5.74) is 0.453. The lowest BCUT2D eigenvalue weighted by Gasteiger charge is -2.29. The molecule has 2 heterocycles. The molecule has 0 bridgehead atoms. The number of aromatic nitrogens is 1. The molecule has 0 saturated heterocycles. The molecule has 0 saturated carbocycles. The predicted molar refractivity (Wildman–Crippen MR) is 99.6 cm³/mol. The third-order valence-electron chi connectivity index (χ3n) is 4.07. The van der Waals surface area contributed by atoms with Gasteiger partial charge < -0.3 is 24.9 Å². The van der Waals surface area contributed by atoms with Crippen LogP contribution in [-0.2, 0) is 9.59 Å². The van der Waals surface area contributed by atoms with Crippen molar-refractivity contribution >= 4 is 29.1 Å². The van der Waals surface area contributed by atoms with Crippen LogP contribution in [0.15, 0.2) is 36.4 Å². The van der Waals surface area contributed by atoms with Gasteiger partial charge in [0.1, 0.15) is 11.8 Å². The van der Waals surface area contributed by atoms with Crippen LogP contribution in [0.3, 0.4) is 0 Å². The number of anilines is 2. The van der Waals surface area contributed by atoms with Gasteiger partial charge in [0.25, 0.3) is 11.7 Å². The summed E-state index contributed by atoms with van der Waals surface area (Å²) in [7, 11) is 0. The van der Waals surface area contributed by atoms with Gasteiger partial charge in [-0.25, -0.2) is 0 Å². The van der Waals surface area contributed by atoms with E-state index in [1.54, 1.807) is 24.3 Å². The first kappa shape index (κ1) is 19.1. The number of carbonyl (C=O) groups excluding carboxylic acids is 2. The molecule has 10 heteroatoms. The Bertz CT molecular complexity index is 932. The van der Waals surface area contributed by atoms with E-state index >= 15 is 0 Å². The van der Waals surface area contributed by atoms with Crippen molar-refractivity contribution in [3.05, 3.63) is 46.5 Å². The number of nitrogens with one attached hydrogen (secondary N) is 1. The van der Waals surface area contributed by atoms with Gasteiger partial charge in [0, 0.05) is 6.07 Å². The summed E-state index contributed by atoms with van der Waals surface area (Å²) < 4.78 is 10.8. The lowest BCUT2D eigenvalue weighted by molar-refractivity contribution is -0.389. The minimum atomic E-state index is -0.987. The summed E-state index contributed by atoms with van der Waals surface area (Å²) in [6.45, 7) is 3.46. The minimum Gasteiger partial charge on any atom is -0.492 e. The number of rotatable bonds is 6. The fourth-order valence-electron chi connectivity index (χ4n) is 2.74. The van der Waals surface area contributed by atoms with Gasteiger partial charge in [-0.15, -0.1) is 0 Å². The highest BCUT2D eigenvalue weighted by molar-refractivity contribution is 6.06. The molecular weight excluding hydrogens is 368 g/mol. The molecule has 2 aromatic rings. The summed E-state index contributed by atoms with van der Waals surface area (Å²) >= 11 is 0. The van der Waals surface area contributed by atoms with Crippen LogP contribution in [0.2, 0.25) is 0 Å². The van der Waals surface area contributed by atoms with Crippen LogP contribution in [-0.4, -0.2) is 41.0 Å². The van der Waals surface area contributed by atoms with Gasteiger partial charge in [-0.05, 0) is 42.0 Å². The average Bonchev–Trinajstić information content (AvgIpc) is 2.68. The standard InChI is InChI=1S/C18H18N4O6/c1-3-27-13-7-5-4-6-12(13)19-18(24)11(2)21-16(23)10-28-14-8-9-15(22(25)26)20-17(14)21/h4-9,11H,3,10H2,1-2H3,(H,19,24). The zero-order valence-corrected chi connectivity index (χ0v) is 15.2. The third kappa shape index (κ3) is 3.70. The Hall–Kier alpha value is -3.69. The first-order valence-electron chi connectivity index (χ1n) is 8.55. The molecular formula is C18H18N4O6. The van der Waals surface area contributed by atoms with E-state index in [1.807, 2.05) is 6.92 Å². The second kappa shape index (κ2) is 7.91. The van der Waals surface area contributed by atoms with E-state index in [2.05, 4.69) is 10.3 Å². The molecule has 1 aromatic heterocycles. The van der Waals surface area contributed by atoms with Crippen LogP contribution >= 0.6 is 0 Å². The number of pyridine rings is 1. The molecule has 1 aliphatic heterocycles. The summed E-state index contributed by atoms with van der Waals surface area (Å²) in [5, 5.41) is 13.7. The van der Waals surface area contributed by atoms with Crippen molar-refractivity contribution < 1.29 is 24.0 Å². The van der Waals surface area contributed by atoms with E-state index < -0.39 is 28.6 Å². The Kier molecular flexibility index (Phi) is 5.39. The van der Waals surface area contributed by atoms with E-state index in [9.17, 15) is 19.7 Å². The number of nitro groups is 1. The van der Waals surface area contributed by atoms with Gasteiger partial charge >= 0.3 is 5.82 Å². The Balaban J connectivity index is 1.89. The third-order valence-corrected chi connectivity index (χ3v) is 4.07. The van der Waals surface area contributed by atoms with E-state index in [1.165, 1.54) is 19.1 Å². The number of amides is 2. The van der Waals surface area contributed by atoms with Crippen LogP contribution in [0.5, 0.6) is 11.5 Å². The zero-order chi connectivity index (χ0) is 20.3. The highest BCUT2D eigenvalue weighted by Crippen LogP contribution is 2.33. The number of benzene rings is 1. The van der Waals surface area contributed by atoms with Crippen molar-refractivity contribution in [2.24, 2.45) is 0 Å². The van der Waals surface area contributed by atoms with E-state index in [0.29, 0.717) is 18.0 Å². The van der Waals surface area contributed by atoms with Crippen molar-refractivity contribution in [2.75, 3.05) is 23.4 Å². The molecule has 1 aliphatic rings. The quantitative estimate of drug-likeness (QED) is 0.596. The molecule has 0 spiro atoms. The van der Waals surface area contributed by atoms with Crippen molar-refractivity contribution in [1.82, 2.24) is 4.98 Å². The number of fused-ring (bicyclic) bond motifs is 1. The van der Waals surface area contributed by atoms with Crippen LogP contribution in [0, 0.1) is 10.1 Å². The molecule has 0 radical (unpaired) electrons. The highest BCUT2D eigenvalue weighted by Gasteiger charge is 2.38. The molecule has 0 aliphatic carbocycles. The van der Waals surface area contributed by atoms with Crippen molar-refractivity contribution in [2.45, 2.75) is 19.9 Å². The van der Waals surface area contributed by atoms with Crippen LogP contribution in [0.1, 0.15) is 13.8 Å². The highest BCUT2D eigenvalue weighted by atomic mass is 16.6. The number of hydrogen-bond donors (Lipinski definition) is 1. The molecule has 10 nitrogen and oxygen atoms in total. The van der Waals surface area contributed by atoms with Crippen LogP contribution < -0.4 is 19.7 Å². The lowest BCUT2D eigenvalue weighted by atomic mass is 10.2. The van der Waals surface area contributed by atoms with Crippen molar-refractivity contribution in [1.29, 1.82) is 0 Å². The van der Waals surface area contributed by atoms with Crippen LogP contribution in [0.4, 0.5) is 17.3 Å². The molecule has 2 amide bonds. The maximum atomic E-state index is 12.8. The molecule has 1 atom stereocenters. The number of carbonyl (C=O) groups is 2. The summed E-state index contributed by atoms with van der Waals surface area (Å²) in [4.78, 5) is 40.5. The Morgan fingerprint density at radius 1 is 1.39 bits per heavy atom. The van der Waals surface area contributed by atoms with Gasteiger partial charge in [0.2, 0.25) is 5.91 Å². The van der Waals surface area contributed by atoms with Gasteiger partial charge in [-0.1, -0.05) is 12.1 Å². The van der Waals surface area contributed by atoms with Gasteiger partial charge in [-0.3, -0.25) is 14.5 Å². The molecule has 28 heavy (non-hydrogen) atoms. The second-order valence-corrected chi connectivity index (χ2v) is 5.90. The van der Waals surface area contributed by atoms with Gasteiger partial charge in [-0.2, -0.15) is 0 Å². The average molecular weight is 386 g/mol. The topological polar surface area (TPSA) is 124 Å². The first-order chi connectivity index (χ1) is 13.4. The number of nitrogens with zero attached hydrogens (tertiary/aromatic N) is 3. The first-order valence-corrected chi connectivity index (χ1v) is 8.55. The maximum Gasteiger partial charge on any atom is 0.366 e. The molecule has 1 N–H and O–H groups in total. The monoisotopic (exact) mass is 386 g/mol. The predicted octanol–water partition coefficient (Wildman–Crippen LogP) is 2.14. The molecule has 1 unspecified atom stereocenters. The summed E-state index contributed by atoms with van der Waals surface area (Å²) in [5.74, 6) is -0.849. The summed E-state index contributed by atoms with van der Waals surface area (Å²) in [6.07, 6.45) is 0.